The van der Waals surface area contributed by atoms with E-state index in [1.165, 1.54) is 46.5 Å². The van der Waals surface area contributed by atoms with Crippen LogP contribution in [0.25, 0.3) is 5.69 Å². The number of aromatic nitrogens is 2. The maximum absolute atomic E-state index is 12.7. The number of carbonyl (C=O) groups excluding carboxylic acids is 2. The largest absolute Gasteiger partial charge is 0.453 e. The van der Waals surface area contributed by atoms with Crippen LogP contribution < -0.4 is 0 Å². The first-order valence-electron chi connectivity index (χ1n) is 10.4. The van der Waals surface area contributed by atoms with E-state index in [0.29, 0.717) is 18.2 Å². The van der Waals surface area contributed by atoms with Gasteiger partial charge in [-0.1, -0.05) is 30.0 Å². The molecular weight excluding hydrogens is 462 g/mol. The molecule has 1 aliphatic rings. The van der Waals surface area contributed by atoms with Crippen molar-refractivity contribution in [3.8, 4) is 5.69 Å². The predicted molar refractivity (Wildman–Crippen MR) is 124 cm³/mol. The fourth-order valence-corrected chi connectivity index (χ4v) is 5.69. The van der Waals surface area contributed by atoms with Crippen molar-refractivity contribution in [2.45, 2.75) is 22.9 Å². The summed E-state index contributed by atoms with van der Waals surface area (Å²) in [5.74, 6) is -1.10. The number of ether oxygens (including phenoxy) is 1. The Labute approximate surface area is 196 Å². The molecule has 0 spiro atoms. The lowest BCUT2D eigenvalue weighted by Crippen LogP contribution is -2.27. The molecule has 2 aromatic carbocycles. The highest BCUT2D eigenvalue weighted by molar-refractivity contribution is 7.98. The molecular formula is C23H23N3O5S2. The van der Waals surface area contributed by atoms with Crippen LogP contribution in [-0.2, 0) is 14.8 Å². The van der Waals surface area contributed by atoms with Gasteiger partial charge in [0, 0.05) is 24.3 Å². The van der Waals surface area contributed by atoms with Gasteiger partial charge in [0.25, 0.3) is 0 Å². The summed E-state index contributed by atoms with van der Waals surface area (Å²) in [6, 6.07) is 15.0. The number of Topliss-reactive ketones (excluding diaryl/α,β-unsaturated/α-hetero) is 1. The zero-order valence-corrected chi connectivity index (χ0v) is 19.6. The highest BCUT2D eigenvalue weighted by atomic mass is 32.2. The van der Waals surface area contributed by atoms with Crippen molar-refractivity contribution >= 4 is 33.5 Å². The number of thioether (sulfide) groups is 1. The van der Waals surface area contributed by atoms with Crippen LogP contribution in [0.5, 0.6) is 0 Å². The lowest BCUT2D eigenvalue weighted by molar-refractivity contribution is 0.0466. The number of esters is 1. The minimum absolute atomic E-state index is 0.148. The van der Waals surface area contributed by atoms with Crippen LogP contribution in [0.3, 0.4) is 0 Å². The Morgan fingerprint density at radius 1 is 1.03 bits per heavy atom. The molecule has 4 rings (SSSR count). The zero-order valence-electron chi connectivity index (χ0n) is 18.0. The SMILES string of the molecule is CSc1ncc(C(=O)OCC(=O)c2ccc(S(=O)(=O)N3CCCC3)cc2)n1-c1ccccc1. The number of ketones is 1. The van der Waals surface area contributed by atoms with E-state index in [1.54, 1.807) is 4.57 Å². The highest BCUT2D eigenvalue weighted by Crippen LogP contribution is 2.23. The van der Waals surface area contributed by atoms with Gasteiger partial charge in [-0.05, 0) is 55.5 Å². The van der Waals surface area contributed by atoms with Gasteiger partial charge in [-0.25, -0.2) is 18.2 Å². The molecule has 0 bridgehead atoms. The summed E-state index contributed by atoms with van der Waals surface area (Å²) in [5.41, 5.74) is 1.24. The molecule has 1 saturated heterocycles. The van der Waals surface area contributed by atoms with E-state index in [1.807, 2.05) is 36.6 Å². The van der Waals surface area contributed by atoms with Crippen LogP contribution in [0, 0.1) is 0 Å². The van der Waals surface area contributed by atoms with Crippen LogP contribution in [0.4, 0.5) is 0 Å². The summed E-state index contributed by atoms with van der Waals surface area (Å²) in [5, 5.41) is 0.620. The first-order valence-corrected chi connectivity index (χ1v) is 13.1. The summed E-state index contributed by atoms with van der Waals surface area (Å²) < 4.78 is 33.6. The van der Waals surface area contributed by atoms with Gasteiger partial charge in [0.2, 0.25) is 10.0 Å². The normalized spacial score (nSPS) is 14.3. The third-order valence-electron chi connectivity index (χ3n) is 5.35. The monoisotopic (exact) mass is 485 g/mol. The number of hydrogen-bond acceptors (Lipinski definition) is 7. The number of rotatable bonds is 8. The van der Waals surface area contributed by atoms with Crippen molar-refractivity contribution in [1.82, 2.24) is 13.9 Å². The molecule has 3 aromatic rings. The molecule has 2 heterocycles. The Morgan fingerprint density at radius 3 is 2.33 bits per heavy atom. The first-order chi connectivity index (χ1) is 15.9. The van der Waals surface area contributed by atoms with Crippen molar-refractivity contribution in [2.24, 2.45) is 0 Å². The smallest absolute Gasteiger partial charge is 0.357 e. The Hall–Kier alpha value is -2.95. The average Bonchev–Trinajstić information content (AvgIpc) is 3.53. The quantitative estimate of drug-likeness (QED) is 0.274. The van der Waals surface area contributed by atoms with E-state index < -0.39 is 28.4 Å². The maximum Gasteiger partial charge on any atom is 0.357 e. The fraction of sp³-hybridized carbons (Fsp3) is 0.261. The molecule has 1 aliphatic heterocycles. The Balaban J connectivity index is 1.44. The van der Waals surface area contributed by atoms with E-state index in [4.69, 9.17) is 4.74 Å². The van der Waals surface area contributed by atoms with Crippen LogP contribution in [-0.4, -0.2) is 60.0 Å². The lowest BCUT2D eigenvalue weighted by Gasteiger charge is -2.15. The van der Waals surface area contributed by atoms with Gasteiger partial charge in [0.05, 0.1) is 11.1 Å². The Kier molecular flexibility index (Phi) is 6.96. The number of imidazole rings is 1. The zero-order chi connectivity index (χ0) is 23.4. The molecule has 8 nitrogen and oxygen atoms in total. The number of nitrogens with zero attached hydrogens (tertiary/aromatic N) is 3. The highest BCUT2D eigenvalue weighted by Gasteiger charge is 2.27. The molecule has 0 aliphatic carbocycles. The van der Waals surface area contributed by atoms with Crippen LogP contribution in [0.1, 0.15) is 33.7 Å². The molecule has 0 amide bonds. The molecule has 0 N–H and O–H groups in total. The van der Waals surface area contributed by atoms with Crippen molar-refractivity contribution in [2.75, 3.05) is 26.0 Å². The molecule has 0 saturated carbocycles. The molecule has 33 heavy (non-hydrogen) atoms. The summed E-state index contributed by atoms with van der Waals surface area (Å²) in [6.45, 7) is 0.555. The molecule has 0 unspecified atom stereocenters. The molecule has 10 heteroatoms. The predicted octanol–water partition coefficient (Wildman–Crippen LogP) is 3.42. The van der Waals surface area contributed by atoms with Crippen molar-refractivity contribution in [1.29, 1.82) is 0 Å². The fourth-order valence-electron chi connectivity index (χ4n) is 3.63. The summed E-state index contributed by atoms with van der Waals surface area (Å²) >= 11 is 1.39. The summed E-state index contributed by atoms with van der Waals surface area (Å²) in [7, 11) is -3.55. The number of hydrogen-bond donors (Lipinski definition) is 0. The van der Waals surface area contributed by atoms with Crippen LogP contribution in [0.15, 0.2) is 70.8 Å². The number of sulfonamides is 1. The second-order valence-corrected chi connectivity index (χ2v) is 10.1. The third-order valence-corrected chi connectivity index (χ3v) is 7.92. The molecule has 1 aromatic heterocycles. The van der Waals surface area contributed by atoms with Crippen molar-refractivity contribution in [3.63, 3.8) is 0 Å². The van der Waals surface area contributed by atoms with Crippen LogP contribution >= 0.6 is 11.8 Å². The van der Waals surface area contributed by atoms with Crippen molar-refractivity contribution < 1.29 is 22.7 Å². The second kappa shape index (κ2) is 9.90. The molecule has 172 valence electrons. The molecule has 1 fully saturated rings. The number of carbonyl (C=O) groups is 2. The number of para-hydroxylation sites is 1. The van der Waals surface area contributed by atoms with E-state index in [-0.39, 0.29) is 16.2 Å². The third kappa shape index (κ3) is 4.87. The lowest BCUT2D eigenvalue weighted by atomic mass is 10.1. The average molecular weight is 486 g/mol. The van der Waals surface area contributed by atoms with Gasteiger partial charge in [0.1, 0.15) is 0 Å². The minimum Gasteiger partial charge on any atom is -0.453 e. The van der Waals surface area contributed by atoms with Gasteiger partial charge < -0.3 is 4.74 Å². The van der Waals surface area contributed by atoms with E-state index in [2.05, 4.69) is 4.98 Å². The topological polar surface area (TPSA) is 98.6 Å². The molecule has 0 atom stereocenters. The van der Waals surface area contributed by atoms with Gasteiger partial charge in [-0.15, -0.1) is 0 Å². The van der Waals surface area contributed by atoms with Crippen molar-refractivity contribution in [3.05, 3.63) is 72.1 Å². The van der Waals surface area contributed by atoms with E-state index in [9.17, 15) is 18.0 Å². The standard InChI is InChI=1S/C23H23N3O5S2/c1-32-23-24-15-20(26(23)18-7-3-2-4-8-18)22(28)31-16-21(27)17-9-11-19(12-10-17)33(29,30)25-13-5-6-14-25/h2-4,7-12,15H,5-6,13-14,16H2,1H3. The summed E-state index contributed by atoms with van der Waals surface area (Å²) in [4.78, 5) is 29.7. The van der Waals surface area contributed by atoms with E-state index in [0.717, 1.165) is 18.5 Å². The Morgan fingerprint density at radius 2 is 1.70 bits per heavy atom. The van der Waals surface area contributed by atoms with E-state index >= 15 is 0 Å². The second-order valence-electron chi connectivity index (χ2n) is 7.44. The molecule has 0 radical (unpaired) electrons. The van der Waals surface area contributed by atoms with Crippen LogP contribution in [0.2, 0.25) is 0 Å². The minimum atomic E-state index is -3.55. The van der Waals surface area contributed by atoms with Gasteiger partial charge in [-0.3, -0.25) is 9.36 Å². The maximum atomic E-state index is 12.7. The van der Waals surface area contributed by atoms with Gasteiger partial charge in [0.15, 0.2) is 23.2 Å². The Bertz CT molecular complexity index is 1250. The first kappa shape index (κ1) is 23.2. The van der Waals surface area contributed by atoms with Gasteiger partial charge >= 0.3 is 5.97 Å². The summed E-state index contributed by atoms with van der Waals surface area (Å²) in [6.07, 6.45) is 4.98. The number of benzene rings is 2. The van der Waals surface area contributed by atoms with Gasteiger partial charge in [-0.2, -0.15) is 4.31 Å².